The molecule has 0 aliphatic heterocycles. The fraction of sp³-hybridized carbons (Fsp3) is 0.231. The second-order valence-electron chi connectivity index (χ2n) is 3.89. The van der Waals surface area contributed by atoms with E-state index in [9.17, 15) is 5.11 Å². The van der Waals surface area contributed by atoms with Crippen molar-refractivity contribution in [3.63, 3.8) is 0 Å². The Morgan fingerprint density at radius 3 is 2.94 bits per heavy atom. The molecule has 0 unspecified atom stereocenters. The van der Waals surface area contributed by atoms with Crippen LogP contribution in [0.3, 0.4) is 0 Å². The van der Waals surface area contributed by atoms with Crippen molar-refractivity contribution in [2.75, 3.05) is 0 Å². The third-order valence-electron chi connectivity index (χ3n) is 2.61. The Bertz CT molecular complexity index is 482. The molecule has 0 bridgehead atoms. The van der Waals surface area contributed by atoms with Crippen molar-refractivity contribution >= 4 is 11.6 Å². The lowest BCUT2D eigenvalue weighted by Gasteiger charge is -2.12. The fourth-order valence-electron chi connectivity index (χ4n) is 1.60. The van der Waals surface area contributed by atoms with E-state index in [4.69, 9.17) is 16.0 Å². The second kappa shape index (κ2) is 5.25. The van der Waals surface area contributed by atoms with Gasteiger partial charge in [0.2, 0.25) is 0 Å². The highest BCUT2D eigenvalue weighted by atomic mass is 35.5. The third-order valence-corrected chi connectivity index (χ3v) is 2.85. The van der Waals surface area contributed by atoms with Crippen LogP contribution in [0.1, 0.15) is 24.3 Å². The van der Waals surface area contributed by atoms with Crippen molar-refractivity contribution < 1.29 is 9.52 Å². The molecule has 90 valence electrons. The van der Waals surface area contributed by atoms with Gasteiger partial charge >= 0.3 is 0 Å². The number of halogens is 1. The summed E-state index contributed by atoms with van der Waals surface area (Å²) in [7, 11) is 0. The molecule has 1 atom stereocenters. The van der Waals surface area contributed by atoms with Gasteiger partial charge in [0.15, 0.2) is 0 Å². The molecule has 0 aliphatic carbocycles. The van der Waals surface area contributed by atoms with E-state index in [0.29, 0.717) is 11.6 Å². The molecule has 1 aromatic heterocycles. The van der Waals surface area contributed by atoms with Gasteiger partial charge in [-0.15, -0.1) is 0 Å². The van der Waals surface area contributed by atoms with Crippen molar-refractivity contribution in [1.82, 2.24) is 5.32 Å². The van der Waals surface area contributed by atoms with Crippen LogP contribution < -0.4 is 5.32 Å². The minimum absolute atomic E-state index is 0.0865. The molecule has 0 saturated heterocycles. The number of phenols is 1. The minimum atomic E-state index is 0.0865. The normalized spacial score (nSPS) is 12.6. The number of rotatable bonds is 4. The molecule has 2 N–H and O–H groups in total. The first-order valence-electron chi connectivity index (χ1n) is 5.41. The van der Waals surface area contributed by atoms with E-state index in [1.165, 1.54) is 0 Å². The molecule has 0 fully saturated rings. The van der Waals surface area contributed by atoms with Crippen LogP contribution in [-0.4, -0.2) is 5.11 Å². The predicted molar refractivity (Wildman–Crippen MR) is 67.1 cm³/mol. The Hall–Kier alpha value is -1.45. The first-order chi connectivity index (χ1) is 8.16. The third kappa shape index (κ3) is 3.02. The quantitative estimate of drug-likeness (QED) is 0.874. The summed E-state index contributed by atoms with van der Waals surface area (Å²) in [6.07, 6.45) is 1.64. The molecule has 0 saturated carbocycles. The number of hydrogen-bond acceptors (Lipinski definition) is 3. The van der Waals surface area contributed by atoms with E-state index >= 15 is 0 Å². The molecular formula is C13H14ClNO2. The van der Waals surface area contributed by atoms with Crippen LogP contribution in [0.4, 0.5) is 0 Å². The van der Waals surface area contributed by atoms with Crippen LogP contribution in [-0.2, 0) is 6.54 Å². The Morgan fingerprint density at radius 2 is 2.24 bits per heavy atom. The van der Waals surface area contributed by atoms with E-state index < -0.39 is 0 Å². The highest BCUT2D eigenvalue weighted by molar-refractivity contribution is 6.30. The van der Waals surface area contributed by atoms with Gasteiger partial charge in [-0.1, -0.05) is 11.6 Å². The highest BCUT2D eigenvalue weighted by Gasteiger charge is 2.09. The van der Waals surface area contributed by atoms with Gasteiger partial charge in [-0.2, -0.15) is 0 Å². The summed E-state index contributed by atoms with van der Waals surface area (Å²) in [4.78, 5) is 0. The Morgan fingerprint density at radius 1 is 1.41 bits per heavy atom. The lowest BCUT2D eigenvalue weighted by molar-refractivity contribution is 0.422. The summed E-state index contributed by atoms with van der Waals surface area (Å²) in [6, 6.07) is 8.86. The van der Waals surface area contributed by atoms with Gasteiger partial charge in [-0.3, -0.25) is 0 Å². The fourth-order valence-corrected chi connectivity index (χ4v) is 1.79. The molecular weight excluding hydrogens is 238 g/mol. The monoisotopic (exact) mass is 251 g/mol. The van der Waals surface area contributed by atoms with Crippen molar-refractivity contribution in [2.45, 2.75) is 19.5 Å². The van der Waals surface area contributed by atoms with E-state index in [1.807, 2.05) is 19.1 Å². The Labute approximate surface area is 105 Å². The molecule has 3 nitrogen and oxygen atoms in total. The lowest BCUT2D eigenvalue weighted by Crippen LogP contribution is -2.17. The van der Waals surface area contributed by atoms with Crippen molar-refractivity contribution in [1.29, 1.82) is 0 Å². The van der Waals surface area contributed by atoms with Crippen LogP contribution in [0.2, 0.25) is 5.02 Å². The smallest absolute Gasteiger partial charge is 0.120 e. The van der Waals surface area contributed by atoms with Crippen LogP contribution in [0, 0.1) is 0 Å². The predicted octanol–water partition coefficient (Wildman–Crippen LogP) is 3.49. The molecule has 0 spiro atoms. The molecule has 17 heavy (non-hydrogen) atoms. The first-order valence-corrected chi connectivity index (χ1v) is 5.79. The van der Waals surface area contributed by atoms with E-state index in [0.717, 1.165) is 11.3 Å². The highest BCUT2D eigenvalue weighted by Crippen LogP contribution is 2.22. The summed E-state index contributed by atoms with van der Waals surface area (Å²) in [6.45, 7) is 2.54. The van der Waals surface area contributed by atoms with Gasteiger partial charge < -0.3 is 14.8 Å². The van der Waals surface area contributed by atoms with Crippen LogP contribution in [0.5, 0.6) is 5.75 Å². The van der Waals surface area contributed by atoms with Gasteiger partial charge in [0.05, 0.1) is 12.3 Å². The van der Waals surface area contributed by atoms with Crippen LogP contribution in [0.25, 0.3) is 0 Å². The summed E-state index contributed by atoms with van der Waals surface area (Å²) >= 11 is 5.87. The maximum absolute atomic E-state index is 9.66. The zero-order chi connectivity index (χ0) is 12.3. The maximum atomic E-state index is 9.66. The largest absolute Gasteiger partial charge is 0.508 e. The molecule has 0 aliphatic rings. The Kier molecular flexibility index (Phi) is 3.71. The van der Waals surface area contributed by atoms with Crippen LogP contribution >= 0.6 is 11.6 Å². The number of benzene rings is 1. The van der Waals surface area contributed by atoms with E-state index in [2.05, 4.69) is 5.32 Å². The SMILES string of the molecule is C[C@H](NCc1cc(Cl)ccc1O)c1ccco1. The van der Waals surface area contributed by atoms with Gasteiger partial charge in [-0.25, -0.2) is 0 Å². The van der Waals surface area contributed by atoms with Crippen LogP contribution in [0.15, 0.2) is 41.0 Å². The summed E-state index contributed by atoms with van der Waals surface area (Å²) in [5.74, 6) is 1.11. The summed E-state index contributed by atoms with van der Waals surface area (Å²) in [5, 5.41) is 13.5. The second-order valence-corrected chi connectivity index (χ2v) is 4.33. The number of phenolic OH excluding ortho intramolecular Hbond substituents is 1. The van der Waals surface area contributed by atoms with Crippen molar-refractivity contribution in [2.24, 2.45) is 0 Å². The zero-order valence-electron chi connectivity index (χ0n) is 9.48. The average molecular weight is 252 g/mol. The van der Waals surface area contributed by atoms with Gasteiger partial charge in [0.1, 0.15) is 11.5 Å². The topological polar surface area (TPSA) is 45.4 Å². The zero-order valence-corrected chi connectivity index (χ0v) is 10.2. The maximum Gasteiger partial charge on any atom is 0.120 e. The van der Waals surface area contributed by atoms with Gasteiger partial charge in [-0.05, 0) is 37.3 Å². The first kappa shape index (κ1) is 12.0. The average Bonchev–Trinajstić information content (AvgIpc) is 2.83. The molecule has 1 aromatic carbocycles. The Balaban J connectivity index is 2.00. The molecule has 1 heterocycles. The van der Waals surface area contributed by atoms with Crippen molar-refractivity contribution in [3.05, 3.63) is 52.9 Å². The number of aromatic hydroxyl groups is 1. The minimum Gasteiger partial charge on any atom is -0.508 e. The number of furan rings is 1. The molecule has 2 aromatic rings. The number of nitrogens with one attached hydrogen (secondary N) is 1. The molecule has 0 radical (unpaired) electrons. The molecule has 2 rings (SSSR count). The number of hydrogen-bond donors (Lipinski definition) is 2. The van der Waals surface area contributed by atoms with Gasteiger partial charge in [0.25, 0.3) is 0 Å². The van der Waals surface area contributed by atoms with E-state index in [1.54, 1.807) is 24.5 Å². The van der Waals surface area contributed by atoms with E-state index in [-0.39, 0.29) is 11.8 Å². The summed E-state index contributed by atoms with van der Waals surface area (Å²) < 4.78 is 5.29. The standard InChI is InChI=1S/C13H14ClNO2/c1-9(13-3-2-6-17-13)15-8-10-7-11(14)4-5-12(10)16/h2-7,9,15-16H,8H2,1H3/t9-/m0/s1. The molecule has 0 amide bonds. The van der Waals surface area contributed by atoms with Gasteiger partial charge in [0, 0.05) is 17.1 Å². The summed E-state index contributed by atoms with van der Waals surface area (Å²) in [5.41, 5.74) is 0.774. The lowest BCUT2D eigenvalue weighted by atomic mass is 10.2. The van der Waals surface area contributed by atoms with Crippen molar-refractivity contribution in [3.8, 4) is 5.75 Å². The molecule has 4 heteroatoms.